The number of carbonyl (C=O) groups excluding carboxylic acids is 1. The minimum Gasteiger partial charge on any atom is -0.491 e. The number of rotatable bonds is 8. The zero-order chi connectivity index (χ0) is 20.0. The Kier molecular flexibility index (Phi) is 7.28. The van der Waals surface area contributed by atoms with Crippen LogP contribution in [0.1, 0.15) is 50.3 Å². The molecule has 0 radical (unpaired) electrons. The Hall–Kier alpha value is -2.49. The van der Waals surface area contributed by atoms with Crippen LogP contribution in [0.3, 0.4) is 0 Å². The second-order valence-corrected chi connectivity index (χ2v) is 7.49. The number of hydrogen-bond acceptors (Lipinski definition) is 3. The first-order valence-electron chi connectivity index (χ1n) is 9.53. The Morgan fingerprint density at radius 2 is 1.59 bits per heavy atom. The Morgan fingerprint density at radius 3 is 2.22 bits per heavy atom. The molecule has 0 bridgehead atoms. The van der Waals surface area contributed by atoms with Crippen LogP contribution in [-0.2, 0) is 4.79 Å². The van der Waals surface area contributed by atoms with E-state index in [9.17, 15) is 4.79 Å². The third kappa shape index (κ3) is 6.31. The number of ether oxygens (including phenoxy) is 2. The van der Waals surface area contributed by atoms with Crippen LogP contribution in [0.2, 0.25) is 0 Å². The van der Waals surface area contributed by atoms with E-state index in [1.54, 1.807) is 6.92 Å². The molecule has 0 heterocycles. The van der Waals surface area contributed by atoms with Crippen molar-refractivity contribution in [3.05, 3.63) is 59.2 Å². The molecule has 0 aliphatic rings. The average Bonchev–Trinajstić information content (AvgIpc) is 2.61. The van der Waals surface area contributed by atoms with Gasteiger partial charge < -0.3 is 14.8 Å². The average molecular weight is 370 g/mol. The number of nitrogens with one attached hydrogen (secondary N) is 1. The molecule has 2 aromatic rings. The van der Waals surface area contributed by atoms with Gasteiger partial charge in [0, 0.05) is 0 Å². The van der Waals surface area contributed by atoms with Gasteiger partial charge in [-0.2, -0.15) is 0 Å². The lowest BCUT2D eigenvalue weighted by Gasteiger charge is -2.21. The third-order valence-corrected chi connectivity index (χ3v) is 4.37. The highest BCUT2D eigenvalue weighted by molar-refractivity contribution is 5.81. The molecule has 2 atom stereocenters. The van der Waals surface area contributed by atoms with Gasteiger partial charge in [0.1, 0.15) is 18.1 Å². The third-order valence-electron chi connectivity index (χ3n) is 4.37. The molecule has 0 aliphatic heterocycles. The van der Waals surface area contributed by atoms with Crippen molar-refractivity contribution in [2.45, 2.75) is 59.6 Å². The summed E-state index contributed by atoms with van der Waals surface area (Å²) in [6, 6.07) is 13.9. The molecule has 4 heteroatoms. The maximum atomic E-state index is 12.5. The van der Waals surface area contributed by atoms with E-state index in [-0.39, 0.29) is 11.9 Å². The van der Waals surface area contributed by atoms with Crippen LogP contribution in [0.4, 0.5) is 0 Å². The lowest BCUT2D eigenvalue weighted by Crippen LogP contribution is -2.43. The Balaban J connectivity index is 1.89. The summed E-state index contributed by atoms with van der Waals surface area (Å²) in [4.78, 5) is 12.5. The molecule has 0 spiro atoms. The molecule has 4 nitrogen and oxygen atoms in total. The van der Waals surface area contributed by atoms with Gasteiger partial charge in [-0.05, 0) is 62.9 Å². The van der Waals surface area contributed by atoms with E-state index in [0.717, 1.165) is 22.6 Å². The molecule has 2 aromatic carbocycles. The van der Waals surface area contributed by atoms with E-state index in [0.29, 0.717) is 12.5 Å². The minimum atomic E-state index is -0.578. The molecule has 0 saturated heterocycles. The topological polar surface area (TPSA) is 47.6 Å². The molecular weight excluding hydrogens is 338 g/mol. The van der Waals surface area contributed by atoms with Crippen molar-refractivity contribution < 1.29 is 14.3 Å². The van der Waals surface area contributed by atoms with Gasteiger partial charge in [-0.3, -0.25) is 4.79 Å². The van der Waals surface area contributed by atoms with Crippen LogP contribution in [0.25, 0.3) is 0 Å². The van der Waals surface area contributed by atoms with E-state index in [1.807, 2.05) is 51.1 Å². The molecule has 2 rings (SSSR count). The Labute approximate surface area is 162 Å². The van der Waals surface area contributed by atoms with Crippen molar-refractivity contribution in [2.24, 2.45) is 0 Å². The smallest absolute Gasteiger partial charge is 0.261 e. The summed E-state index contributed by atoms with van der Waals surface area (Å²) in [6.07, 6.45) is -0.578. The van der Waals surface area contributed by atoms with Gasteiger partial charge in [0.15, 0.2) is 6.10 Å². The second-order valence-electron chi connectivity index (χ2n) is 7.49. The minimum absolute atomic E-state index is 0.119. The summed E-state index contributed by atoms with van der Waals surface area (Å²) in [5.41, 5.74) is 3.41. The molecule has 1 amide bonds. The molecule has 0 aromatic heterocycles. The summed E-state index contributed by atoms with van der Waals surface area (Å²) >= 11 is 0. The number of amides is 1. The van der Waals surface area contributed by atoms with Crippen molar-refractivity contribution in [1.82, 2.24) is 5.32 Å². The first-order valence-corrected chi connectivity index (χ1v) is 9.53. The molecule has 146 valence electrons. The van der Waals surface area contributed by atoms with E-state index < -0.39 is 6.10 Å². The number of aryl methyl sites for hydroxylation is 2. The van der Waals surface area contributed by atoms with Crippen LogP contribution in [0, 0.1) is 13.8 Å². The van der Waals surface area contributed by atoms with Gasteiger partial charge in [0.25, 0.3) is 5.91 Å². The number of hydrogen-bond donors (Lipinski definition) is 1. The van der Waals surface area contributed by atoms with Gasteiger partial charge in [0.05, 0.1) is 6.04 Å². The molecule has 2 unspecified atom stereocenters. The van der Waals surface area contributed by atoms with Crippen molar-refractivity contribution in [3.8, 4) is 11.5 Å². The zero-order valence-corrected chi connectivity index (χ0v) is 17.2. The van der Waals surface area contributed by atoms with Crippen molar-refractivity contribution >= 4 is 5.91 Å². The summed E-state index contributed by atoms with van der Waals surface area (Å²) in [6.45, 7) is 12.4. The predicted molar refractivity (Wildman–Crippen MR) is 110 cm³/mol. The molecular formula is C23H31NO3. The highest BCUT2D eigenvalue weighted by atomic mass is 16.5. The lowest BCUT2D eigenvalue weighted by molar-refractivity contribution is -0.128. The fourth-order valence-corrected chi connectivity index (χ4v) is 2.72. The maximum absolute atomic E-state index is 12.5. The molecule has 1 N–H and O–H groups in total. The van der Waals surface area contributed by atoms with Gasteiger partial charge in [0.2, 0.25) is 0 Å². The Bertz CT molecular complexity index is 753. The first kappa shape index (κ1) is 20.8. The van der Waals surface area contributed by atoms with Crippen LogP contribution in [-0.4, -0.2) is 24.7 Å². The number of carbonyl (C=O) groups is 1. The second kappa shape index (κ2) is 9.45. The summed E-state index contributed by atoms with van der Waals surface area (Å²) in [5, 5.41) is 2.96. The summed E-state index contributed by atoms with van der Waals surface area (Å²) in [5.74, 6) is 1.76. The van der Waals surface area contributed by atoms with Crippen molar-refractivity contribution in [2.75, 3.05) is 6.61 Å². The van der Waals surface area contributed by atoms with Gasteiger partial charge in [-0.15, -0.1) is 0 Å². The van der Waals surface area contributed by atoms with Crippen molar-refractivity contribution in [1.29, 1.82) is 0 Å². The fourth-order valence-electron chi connectivity index (χ4n) is 2.72. The molecule has 27 heavy (non-hydrogen) atoms. The lowest BCUT2D eigenvalue weighted by atomic mass is 10.0. The monoisotopic (exact) mass is 369 g/mol. The van der Waals surface area contributed by atoms with Crippen LogP contribution < -0.4 is 14.8 Å². The maximum Gasteiger partial charge on any atom is 0.261 e. The largest absolute Gasteiger partial charge is 0.491 e. The normalized spacial score (nSPS) is 13.1. The quantitative estimate of drug-likeness (QED) is 0.728. The van der Waals surface area contributed by atoms with Gasteiger partial charge >= 0.3 is 0 Å². The van der Waals surface area contributed by atoms with Gasteiger partial charge in [-0.1, -0.05) is 43.7 Å². The summed E-state index contributed by atoms with van der Waals surface area (Å²) in [7, 11) is 0. The number of benzene rings is 2. The predicted octanol–water partition coefficient (Wildman–Crippen LogP) is 4.78. The highest BCUT2D eigenvalue weighted by Gasteiger charge is 2.19. The molecule has 0 fully saturated rings. The zero-order valence-electron chi connectivity index (χ0n) is 17.2. The van der Waals surface area contributed by atoms with E-state index in [2.05, 4.69) is 31.3 Å². The van der Waals surface area contributed by atoms with Crippen LogP contribution in [0.5, 0.6) is 11.5 Å². The first-order chi connectivity index (χ1) is 12.8. The van der Waals surface area contributed by atoms with Crippen LogP contribution >= 0.6 is 0 Å². The molecule has 0 aliphatic carbocycles. The van der Waals surface area contributed by atoms with E-state index in [4.69, 9.17) is 9.47 Å². The van der Waals surface area contributed by atoms with Crippen molar-refractivity contribution in [3.63, 3.8) is 0 Å². The van der Waals surface area contributed by atoms with Gasteiger partial charge in [-0.25, -0.2) is 0 Å². The summed E-state index contributed by atoms with van der Waals surface area (Å²) < 4.78 is 11.7. The van der Waals surface area contributed by atoms with E-state index in [1.165, 1.54) is 5.56 Å². The standard InChI is InChI=1S/C23H31NO3/c1-15(2)21-12-9-17(4)13-22(21)27-19(6)23(25)24-18(5)14-26-20-10-7-16(3)8-11-20/h7-13,15,18-19H,14H2,1-6H3,(H,24,25). The fraction of sp³-hybridized carbons (Fsp3) is 0.435. The van der Waals surface area contributed by atoms with Crippen LogP contribution in [0.15, 0.2) is 42.5 Å². The Morgan fingerprint density at radius 1 is 0.963 bits per heavy atom. The SMILES string of the molecule is Cc1ccc(OCC(C)NC(=O)C(C)Oc2cc(C)ccc2C(C)C)cc1. The van der Waals surface area contributed by atoms with E-state index >= 15 is 0 Å². The highest BCUT2D eigenvalue weighted by Crippen LogP contribution is 2.28. The molecule has 0 saturated carbocycles.